The fraction of sp³-hybridized carbons (Fsp3) is 0.625. The van der Waals surface area contributed by atoms with Crippen molar-refractivity contribution in [3.05, 3.63) is 35.9 Å². The fourth-order valence-electron chi connectivity index (χ4n) is 4.46. The number of aliphatic hydroxyl groups excluding tert-OH is 1. The molecule has 1 fully saturated rings. The molecule has 1 aromatic rings. The van der Waals surface area contributed by atoms with E-state index in [1.165, 1.54) is 39.2 Å². The number of ether oxygens (including phenoxy) is 2. The summed E-state index contributed by atoms with van der Waals surface area (Å²) in [5.74, 6) is -0.118. The van der Waals surface area contributed by atoms with Crippen LogP contribution in [-0.2, 0) is 25.5 Å². The number of hydrogen-bond acceptors (Lipinski definition) is 6. The van der Waals surface area contributed by atoms with Crippen LogP contribution in [-0.4, -0.2) is 48.4 Å². The van der Waals surface area contributed by atoms with Crippen molar-refractivity contribution in [1.82, 2.24) is 5.32 Å². The van der Waals surface area contributed by atoms with Crippen LogP contribution in [0, 0.1) is 5.92 Å². The normalized spacial score (nSPS) is 22.3. The predicted molar refractivity (Wildman–Crippen MR) is 117 cm³/mol. The number of aryl methyl sites for hydroxylation is 1. The lowest BCUT2D eigenvalue weighted by Crippen LogP contribution is -2.42. The number of methoxy groups -OCH3 is 1. The molecule has 1 saturated carbocycles. The summed E-state index contributed by atoms with van der Waals surface area (Å²) in [6.07, 6.45) is 7.94. The van der Waals surface area contributed by atoms with Gasteiger partial charge in [-0.25, -0.2) is 9.79 Å². The van der Waals surface area contributed by atoms with E-state index in [2.05, 4.69) is 10.3 Å². The number of rotatable bonds is 9. The van der Waals surface area contributed by atoms with Crippen molar-refractivity contribution in [3.8, 4) is 0 Å². The molecule has 0 spiro atoms. The lowest BCUT2D eigenvalue weighted by molar-refractivity contribution is -0.148. The minimum atomic E-state index is -1.34. The average Bonchev–Trinajstić information content (AvgIpc) is 3.20. The number of benzene rings is 1. The molecular weight excluding hydrogens is 396 g/mol. The van der Waals surface area contributed by atoms with Crippen LogP contribution in [0.2, 0.25) is 0 Å². The number of nitrogens with zero attached hydrogens (tertiary/aromatic N) is 1. The zero-order chi connectivity index (χ0) is 22.1. The van der Waals surface area contributed by atoms with Crippen LogP contribution in [0.3, 0.4) is 0 Å². The number of amidine groups is 1. The van der Waals surface area contributed by atoms with Crippen molar-refractivity contribution in [2.45, 2.75) is 75.9 Å². The predicted octanol–water partition coefficient (Wildman–Crippen LogP) is 3.14. The maximum Gasteiger partial charge on any atom is 0.337 e. The Morgan fingerprint density at radius 3 is 2.71 bits per heavy atom. The molecule has 2 atom stereocenters. The summed E-state index contributed by atoms with van der Waals surface area (Å²) in [5, 5.41) is 13.2. The molecule has 2 N–H and O–H groups in total. The smallest absolute Gasteiger partial charge is 0.337 e. The van der Waals surface area contributed by atoms with Gasteiger partial charge in [0.1, 0.15) is 6.61 Å². The van der Waals surface area contributed by atoms with Gasteiger partial charge in [0.05, 0.1) is 13.2 Å². The van der Waals surface area contributed by atoms with Crippen LogP contribution in [0.4, 0.5) is 0 Å². The molecule has 1 heterocycles. The first kappa shape index (κ1) is 23.3. The first-order valence-electron chi connectivity index (χ1n) is 11.3. The first-order chi connectivity index (χ1) is 15.0. The second-order valence-corrected chi connectivity index (χ2v) is 8.70. The minimum absolute atomic E-state index is 0.0364. The van der Waals surface area contributed by atoms with E-state index in [4.69, 9.17) is 9.47 Å². The molecular formula is C24H34N2O5. The Balaban J connectivity index is 1.54. The van der Waals surface area contributed by atoms with Gasteiger partial charge in [0, 0.05) is 12.8 Å². The summed E-state index contributed by atoms with van der Waals surface area (Å²) in [6.45, 7) is -0.0552. The Kier molecular flexibility index (Phi) is 8.46. The fourth-order valence-corrected chi connectivity index (χ4v) is 4.46. The van der Waals surface area contributed by atoms with Crippen molar-refractivity contribution in [2.24, 2.45) is 10.9 Å². The quantitative estimate of drug-likeness (QED) is 0.587. The first-order valence-corrected chi connectivity index (χ1v) is 11.3. The van der Waals surface area contributed by atoms with E-state index in [1.807, 2.05) is 30.3 Å². The maximum absolute atomic E-state index is 12.5. The second-order valence-electron chi connectivity index (χ2n) is 8.70. The van der Waals surface area contributed by atoms with E-state index in [0.717, 1.165) is 12.0 Å². The van der Waals surface area contributed by atoms with Crippen LogP contribution in [0.15, 0.2) is 35.3 Å². The van der Waals surface area contributed by atoms with Gasteiger partial charge in [-0.1, -0.05) is 62.4 Å². The van der Waals surface area contributed by atoms with Crippen LogP contribution in [0.5, 0.6) is 0 Å². The van der Waals surface area contributed by atoms with E-state index in [1.54, 1.807) is 0 Å². The topological polar surface area (TPSA) is 97.2 Å². The number of hydrogen-bond donors (Lipinski definition) is 2. The van der Waals surface area contributed by atoms with Gasteiger partial charge < -0.3 is 14.6 Å². The Hall–Kier alpha value is -2.41. The molecule has 7 heteroatoms. The van der Waals surface area contributed by atoms with Gasteiger partial charge in [0.15, 0.2) is 5.54 Å². The SMILES string of the molecule is COC(=O)[C@]1(C[C@@H](O)CCc2ccccc2)COC(NC(=O)CCC2CCCCC2)=N1. The Morgan fingerprint density at radius 2 is 2.00 bits per heavy atom. The van der Waals surface area contributed by atoms with Gasteiger partial charge >= 0.3 is 5.97 Å². The number of nitrogens with one attached hydrogen (secondary N) is 1. The van der Waals surface area contributed by atoms with Crippen molar-refractivity contribution < 1.29 is 24.2 Å². The lowest BCUT2D eigenvalue weighted by Gasteiger charge is -2.23. The van der Waals surface area contributed by atoms with Crippen LogP contribution in [0.1, 0.15) is 63.4 Å². The molecule has 1 amide bonds. The highest BCUT2D eigenvalue weighted by atomic mass is 16.5. The summed E-state index contributed by atoms with van der Waals surface area (Å²) < 4.78 is 10.5. The van der Waals surface area contributed by atoms with Gasteiger partial charge in [-0.05, 0) is 30.7 Å². The number of aliphatic imine (C=N–C) groups is 1. The number of carbonyl (C=O) groups excluding carboxylic acids is 2. The zero-order valence-corrected chi connectivity index (χ0v) is 18.3. The molecule has 0 unspecified atom stereocenters. The van der Waals surface area contributed by atoms with Crippen molar-refractivity contribution in [3.63, 3.8) is 0 Å². The second kappa shape index (κ2) is 11.3. The highest BCUT2D eigenvalue weighted by molar-refractivity contribution is 5.97. The van der Waals surface area contributed by atoms with E-state index < -0.39 is 17.6 Å². The number of carbonyl (C=O) groups is 2. The standard InChI is InChI=1S/C24H34N2O5/c1-30-22(29)24(16-20(27)14-12-18-8-4-2-5-9-18)17-31-23(26-24)25-21(28)15-13-19-10-6-3-7-11-19/h2,4-5,8-9,19-20,27H,3,6-7,10-17H2,1H3,(H,25,26,28)/t20-,24-/m0/s1. The van der Waals surface area contributed by atoms with Crippen molar-refractivity contribution >= 4 is 17.9 Å². The van der Waals surface area contributed by atoms with Gasteiger partial charge in [-0.2, -0.15) is 0 Å². The van der Waals surface area contributed by atoms with E-state index in [0.29, 0.717) is 25.2 Å². The van der Waals surface area contributed by atoms with Crippen LogP contribution < -0.4 is 5.32 Å². The molecule has 0 aromatic heterocycles. The van der Waals surface area contributed by atoms with Gasteiger partial charge in [0.2, 0.25) is 5.91 Å². The number of esters is 1. The Bertz CT molecular complexity index is 760. The lowest BCUT2D eigenvalue weighted by atomic mass is 9.86. The van der Waals surface area contributed by atoms with Crippen LogP contribution in [0.25, 0.3) is 0 Å². The third-order valence-electron chi connectivity index (χ3n) is 6.26. The summed E-state index contributed by atoms with van der Waals surface area (Å²) in [5.41, 5.74) is -0.220. The molecule has 170 valence electrons. The molecule has 2 aliphatic rings. The summed E-state index contributed by atoms with van der Waals surface area (Å²) in [7, 11) is 1.29. The van der Waals surface area contributed by atoms with Crippen molar-refractivity contribution in [1.29, 1.82) is 0 Å². The van der Waals surface area contributed by atoms with Crippen molar-refractivity contribution in [2.75, 3.05) is 13.7 Å². The van der Waals surface area contributed by atoms with Crippen LogP contribution >= 0.6 is 0 Å². The Labute approximate surface area is 184 Å². The third kappa shape index (κ3) is 6.79. The summed E-state index contributed by atoms with van der Waals surface area (Å²) in [6, 6.07) is 9.89. The average molecular weight is 431 g/mol. The molecule has 31 heavy (non-hydrogen) atoms. The summed E-state index contributed by atoms with van der Waals surface area (Å²) >= 11 is 0. The molecule has 1 aliphatic carbocycles. The van der Waals surface area contributed by atoms with Gasteiger partial charge in [0.25, 0.3) is 6.02 Å². The molecule has 0 radical (unpaired) electrons. The summed E-state index contributed by atoms with van der Waals surface area (Å²) in [4.78, 5) is 29.2. The van der Waals surface area contributed by atoms with E-state index in [9.17, 15) is 14.7 Å². The number of aliphatic hydroxyl groups is 1. The Morgan fingerprint density at radius 1 is 1.26 bits per heavy atom. The molecule has 3 rings (SSSR count). The monoisotopic (exact) mass is 430 g/mol. The molecule has 7 nitrogen and oxygen atoms in total. The number of amides is 1. The molecule has 1 aromatic carbocycles. The molecule has 0 bridgehead atoms. The molecule has 0 saturated heterocycles. The van der Waals surface area contributed by atoms with Gasteiger partial charge in [-0.3, -0.25) is 10.1 Å². The van der Waals surface area contributed by atoms with Gasteiger partial charge in [-0.15, -0.1) is 0 Å². The van der Waals surface area contributed by atoms with E-state index >= 15 is 0 Å². The highest BCUT2D eigenvalue weighted by Crippen LogP contribution is 2.29. The largest absolute Gasteiger partial charge is 0.467 e. The zero-order valence-electron chi connectivity index (χ0n) is 18.3. The maximum atomic E-state index is 12.5. The minimum Gasteiger partial charge on any atom is -0.467 e. The third-order valence-corrected chi connectivity index (χ3v) is 6.26. The molecule has 1 aliphatic heterocycles. The highest BCUT2D eigenvalue weighted by Gasteiger charge is 2.47. The van der Waals surface area contributed by atoms with E-state index in [-0.39, 0.29) is 25.0 Å².